The Morgan fingerprint density at radius 2 is 2.31 bits per heavy atom. The molecule has 6 heteroatoms. The second-order valence-electron chi connectivity index (χ2n) is 3.15. The first-order chi connectivity index (χ1) is 7.67. The molecule has 0 aliphatic rings. The van der Waals surface area contributed by atoms with E-state index in [1.54, 1.807) is 6.92 Å². The number of amides is 1. The molecule has 1 rings (SSSR count). The molecule has 0 saturated carbocycles. The average Bonchev–Trinajstić information content (AvgIpc) is 2.66. The molecule has 0 spiro atoms. The summed E-state index contributed by atoms with van der Waals surface area (Å²) in [4.78, 5) is 15.5. The van der Waals surface area contributed by atoms with E-state index in [0.717, 1.165) is 6.42 Å². The number of allylic oxidation sites excluding steroid dienone is 1. The molecule has 0 fully saturated rings. The highest BCUT2D eigenvalue weighted by Gasteiger charge is 2.08. The van der Waals surface area contributed by atoms with E-state index in [2.05, 4.69) is 20.5 Å². The van der Waals surface area contributed by atoms with Crippen molar-refractivity contribution in [3.8, 4) is 6.01 Å². The van der Waals surface area contributed by atoms with Crippen molar-refractivity contribution in [2.45, 2.75) is 27.2 Å². The summed E-state index contributed by atoms with van der Waals surface area (Å²) in [7, 11) is 0. The summed E-state index contributed by atoms with van der Waals surface area (Å²) in [6.45, 7) is 6.04. The quantitative estimate of drug-likeness (QED) is 0.743. The van der Waals surface area contributed by atoms with Crippen molar-refractivity contribution in [1.29, 1.82) is 0 Å². The maximum atomic E-state index is 11.6. The Hall–Kier alpha value is -1.85. The van der Waals surface area contributed by atoms with Gasteiger partial charge in [0.1, 0.15) is 0 Å². The van der Waals surface area contributed by atoms with Gasteiger partial charge >= 0.3 is 6.01 Å². The van der Waals surface area contributed by atoms with Gasteiger partial charge in [-0.1, -0.05) is 13.0 Å². The molecule has 1 amide bonds. The summed E-state index contributed by atoms with van der Waals surface area (Å²) in [5, 5.41) is 8.93. The number of nitrogens with one attached hydrogen (secondary N) is 2. The minimum atomic E-state index is -0.193. The molecule has 0 aliphatic heterocycles. The van der Waals surface area contributed by atoms with Crippen LogP contribution in [0.1, 0.15) is 27.2 Å². The number of H-pyrrole nitrogens is 1. The van der Waals surface area contributed by atoms with Gasteiger partial charge < -0.3 is 4.74 Å². The highest BCUT2D eigenvalue weighted by atomic mass is 16.5. The number of anilines is 1. The lowest BCUT2D eigenvalue weighted by Gasteiger charge is -2.00. The molecule has 88 valence electrons. The average molecular weight is 224 g/mol. The van der Waals surface area contributed by atoms with Crippen LogP contribution in [0.25, 0.3) is 0 Å². The number of rotatable bonds is 5. The zero-order valence-corrected chi connectivity index (χ0v) is 9.70. The zero-order chi connectivity index (χ0) is 12.0. The molecule has 1 heterocycles. The van der Waals surface area contributed by atoms with E-state index in [1.807, 2.05) is 19.9 Å². The van der Waals surface area contributed by atoms with Gasteiger partial charge in [-0.25, -0.2) is 5.10 Å². The van der Waals surface area contributed by atoms with Gasteiger partial charge in [-0.2, -0.15) is 4.98 Å². The molecule has 2 N–H and O–H groups in total. The Balaban J connectivity index is 2.59. The van der Waals surface area contributed by atoms with Gasteiger partial charge in [0.25, 0.3) is 5.91 Å². The Kier molecular flexibility index (Phi) is 4.50. The van der Waals surface area contributed by atoms with Crippen molar-refractivity contribution < 1.29 is 9.53 Å². The van der Waals surface area contributed by atoms with E-state index >= 15 is 0 Å². The Morgan fingerprint density at radius 3 is 2.94 bits per heavy atom. The standard InChI is InChI=1S/C10H16N4O2/c1-4-6-7(3)8(15)11-9-12-10(14-13-9)16-5-2/h6H,4-5H2,1-3H3,(H2,11,12,13,14,15). The van der Waals surface area contributed by atoms with Gasteiger partial charge in [0.15, 0.2) is 0 Å². The maximum Gasteiger partial charge on any atom is 0.337 e. The Labute approximate surface area is 94.1 Å². The fourth-order valence-corrected chi connectivity index (χ4v) is 1.10. The van der Waals surface area contributed by atoms with Gasteiger partial charge in [0, 0.05) is 5.57 Å². The molecule has 0 bridgehead atoms. The summed E-state index contributed by atoms with van der Waals surface area (Å²) >= 11 is 0. The zero-order valence-electron chi connectivity index (χ0n) is 9.70. The smallest absolute Gasteiger partial charge is 0.337 e. The number of hydrogen-bond acceptors (Lipinski definition) is 4. The normalized spacial score (nSPS) is 11.3. The summed E-state index contributed by atoms with van der Waals surface area (Å²) in [5.41, 5.74) is 0.650. The molecule has 0 radical (unpaired) electrons. The van der Waals surface area contributed by atoms with Crippen LogP contribution in [0.2, 0.25) is 0 Å². The molecule has 1 aromatic rings. The second-order valence-corrected chi connectivity index (χ2v) is 3.15. The monoisotopic (exact) mass is 224 g/mol. The third-order valence-corrected chi connectivity index (χ3v) is 1.84. The number of carbonyl (C=O) groups is 1. The molecule has 6 nitrogen and oxygen atoms in total. The topological polar surface area (TPSA) is 79.9 Å². The summed E-state index contributed by atoms with van der Waals surface area (Å²) in [6, 6.07) is 0.231. The minimum Gasteiger partial charge on any atom is -0.463 e. The van der Waals surface area contributed by atoms with Gasteiger partial charge in [-0.15, -0.1) is 5.10 Å². The van der Waals surface area contributed by atoms with Gasteiger partial charge in [0.05, 0.1) is 6.61 Å². The lowest BCUT2D eigenvalue weighted by molar-refractivity contribution is -0.112. The summed E-state index contributed by atoms with van der Waals surface area (Å²) < 4.78 is 5.06. The van der Waals surface area contributed by atoms with Gasteiger partial charge in [-0.05, 0) is 20.3 Å². The predicted molar refractivity (Wildman–Crippen MR) is 60.2 cm³/mol. The van der Waals surface area contributed by atoms with E-state index < -0.39 is 0 Å². The molecule has 16 heavy (non-hydrogen) atoms. The van der Waals surface area contributed by atoms with Crippen LogP contribution < -0.4 is 10.1 Å². The van der Waals surface area contributed by atoms with Crippen molar-refractivity contribution in [2.75, 3.05) is 11.9 Å². The Morgan fingerprint density at radius 1 is 1.56 bits per heavy atom. The number of carbonyl (C=O) groups excluding carboxylic acids is 1. The number of aromatic nitrogens is 3. The number of nitrogens with zero attached hydrogens (tertiary/aromatic N) is 2. The molecule has 0 saturated heterocycles. The van der Waals surface area contributed by atoms with Crippen LogP contribution in [0.15, 0.2) is 11.6 Å². The van der Waals surface area contributed by atoms with E-state index in [9.17, 15) is 4.79 Å². The fourth-order valence-electron chi connectivity index (χ4n) is 1.10. The molecule has 0 aliphatic carbocycles. The minimum absolute atomic E-state index is 0.193. The van der Waals surface area contributed by atoms with Crippen molar-refractivity contribution in [2.24, 2.45) is 0 Å². The van der Waals surface area contributed by atoms with Crippen LogP contribution in [-0.2, 0) is 4.79 Å². The lowest BCUT2D eigenvalue weighted by atomic mass is 10.2. The molecule has 0 atom stereocenters. The van der Waals surface area contributed by atoms with Crippen molar-refractivity contribution >= 4 is 11.9 Å². The molecule has 0 unspecified atom stereocenters. The van der Waals surface area contributed by atoms with Crippen LogP contribution in [0.3, 0.4) is 0 Å². The van der Waals surface area contributed by atoms with E-state index in [4.69, 9.17) is 4.74 Å². The lowest BCUT2D eigenvalue weighted by Crippen LogP contribution is -2.13. The fraction of sp³-hybridized carbons (Fsp3) is 0.500. The van der Waals surface area contributed by atoms with Crippen molar-refractivity contribution in [3.63, 3.8) is 0 Å². The molecular formula is C10H16N4O2. The number of hydrogen-bond donors (Lipinski definition) is 2. The third-order valence-electron chi connectivity index (χ3n) is 1.84. The van der Waals surface area contributed by atoms with E-state index in [-0.39, 0.29) is 17.9 Å². The first kappa shape index (κ1) is 12.2. The predicted octanol–water partition coefficient (Wildman–Crippen LogP) is 1.50. The highest BCUT2D eigenvalue weighted by molar-refractivity contribution is 6.02. The van der Waals surface area contributed by atoms with Crippen molar-refractivity contribution in [1.82, 2.24) is 15.2 Å². The van der Waals surface area contributed by atoms with E-state index in [0.29, 0.717) is 12.2 Å². The maximum absolute atomic E-state index is 11.6. The van der Waals surface area contributed by atoms with Crippen LogP contribution in [-0.4, -0.2) is 27.7 Å². The van der Waals surface area contributed by atoms with Gasteiger partial charge in [0.2, 0.25) is 5.95 Å². The number of ether oxygens (including phenoxy) is 1. The van der Waals surface area contributed by atoms with Crippen molar-refractivity contribution in [3.05, 3.63) is 11.6 Å². The van der Waals surface area contributed by atoms with Crippen LogP contribution in [0.4, 0.5) is 5.95 Å². The van der Waals surface area contributed by atoms with Gasteiger partial charge in [-0.3, -0.25) is 10.1 Å². The largest absolute Gasteiger partial charge is 0.463 e. The summed E-state index contributed by atoms with van der Waals surface area (Å²) in [6.07, 6.45) is 2.66. The highest BCUT2D eigenvalue weighted by Crippen LogP contribution is 2.07. The molecular weight excluding hydrogens is 208 g/mol. The number of aromatic amines is 1. The second kappa shape index (κ2) is 5.89. The Bertz CT molecular complexity index is 384. The first-order valence-electron chi connectivity index (χ1n) is 5.20. The van der Waals surface area contributed by atoms with Crippen LogP contribution >= 0.6 is 0 Å². The van der Waals surface area contributed by atoms with Crippen LogP contribution in [0, 0.1) is 0 Å². The third kappa shape index (κ3) is 3.38. The molecule has 0 aromatic carbocycles. The summed E-state index contributed by atoms with van der Waals surface area (Å²) in [5.74, 6) is 0.0957. The van der Waals surface area contributed by atoms with E-state index in [1.165, 1.54) is 0 Å². The molecule has 1 aromatic heterocycles. The SMILES string of the molecule is CCC=C(C)C(=O)Nc1nc(OCC)n[nH]1. The first-order valence-corrected chi connectivity index (χ1v) is 5.20. The van der Waals surface area contributed by atoms with Crippen LogP contribution in [0.5, 0.6) is 6.01 Å².